The SMILES string of the molecule is CC(C)(c1ccccc1)c1ccc(OP(=O)([O-])Oc2cccc(-c3ccccc3)c2)cc1.[Na+]. The average Bonchev–Trinajstić information content (AvgIpc) is 2.80. The van der Waals surface area contributed by atoms with Crippen molar-refractivity contribution in [2.75, 3.05) is 0 Å². The second-order valence-corrected chi connectivity index (χ2v) is 9.30. The summed E-state index contributed by atoms with van der Waals surface area (Å²) in [6.45, 7) is 4.25. The average molecular weight is 466 g/mol. The second-order valence-electron chi connectivity index (χ2n) is 8.04. The Kier molecular flexibility index (Phi) is 8.23. The zero-order chi connectivity index (χ0) is 22.6. The van der Waals surface area contributed by atoms with Crippen LogP contribution in [0.2, 0.25) is 0 Å². The first-order valence-corrected chi connectivity index (χ1v) is 11.8. The molecular formula is C27H24NaO4P. The molecule has 0 saturated heterocycles. The van der Waals surface area contributed by atoms with Crippen LogP contribution in [0, 0.1) is 0 Å². The molecule has 1 unspecified atom stereocenters. The molecule has 0 saturated carbocycles. The summed E-state index contributed by atoms with van der Waals surface area (Å²) in [6.07, 6.45) is 0. The van der Waals surface area contributed by atoms with E-state index < -0.39 is 7.82 Å². The van der Waals surface area contributed by atoms with Crippen LogP contribution in [0.25, 0.3) is 11.1 Å². The number of phosphoric ester groups is 1. The van der Waals surface area contributed by atoms with Crippen LogP contribution in [0.15, 0.2) is 109 Å². The van der Waals surface area contributed by atoms with Gasteiger partial charge in [-0.2, -0.15) is 0 Å². The predicted octanol–water partition coefficient (Wildman–Crippen LogP) is 3.61. The van der Waals surface area contributed by atoms with E-state index in [0.29, 0.717) is 0 Å². The Bertz CT molecular complexity index is 1230. The quantitative estimate of drug-likeness (QED) is 0.309. The van der Waals surface area contributed by atoms with Crippen molar-refractivity contribution in [1.82, 2.24) is 0 Å². The molecule has 0 amide bonds. The summed E-state index contributed by atoms with van der Waals surface area (Å²) in [7, 11) is -4.61. The van der Waals surface area contributed by atoms with Crippen LogP contribution in [-0.2, 0) is 9.98 Å². The molecule has 4 aromatic carbocycles. The molecule has 4 rings (SSSR count). The van der Waals surface area contributed by atoms with Gasteiger partial charge in [-0.25, -0.2) is 4.57 Å². The second kappa shape index (κ2) is 10.7. The van der Waals surface area contributed by atoms with Gasteiger partial charge < -0.3 is 13.9 Å². The van der Waals surface area contributed by atoms with E-state index >= 15 is 0 Å². The molecule has 4 aromatic rings. The van der Waals surface area contributed by atoms with E-state index in [2.05, 4.69) is 26.0 Å². The third-order valence-corrected chi connectivity index (χ3v) is 6.32. The smallest absolute Gasteiger partial charge is 0.736 e. The van der Waals surface area contributed by atoms with Crippen LogP contribution in [0.3, 0.4) is 0 Å². The fraction of sp³-hybridized carbons (Fsp3) is 0.111. The third kappa shape index (κ3) is 6.38. The standard InChI is InChI=1S/C27H25O4P.Na/c1-27(2,23-13-7-4-8-14-23)24-16-18-25(19-17-24)30-32(28,29)31-26-15-9-12-22(20-26)21-10-5-3-6-11-21;/h3-20H,1-2H3,(H,28,29);/q;+1/p-1. The Hall–Kier alpha value is -2.33. The molecule has 33 heavy (non-hydrogen) atoms. The van der Waals surface area contributed by atoms with Crippen LogP contribution in [0.4, 0.5) is 0 Å². The first kappa shape index (κ1) is 25.3. The Balaban J connectivity index is 0.00000306. The van der Waals surface area contributed by atoms with E-state index in [-0.39, 0.29) is 46.5 Å². The van der Waals surface area contributed by atoms with Crippen molar-refractivity contribution in [1.29, 1.82) is 0 Å². The Morgan fingerprint density at radius 1 is 0.636 bits per heavy atom. The minimum atomic E-state index is -4.61. The van der Waals surface area contributed by atoms with Gasteiger partial charge in [0.2, 0.25) is 0 Å². The first-order valence-electron chi connectivity index (χ1n) is 10.4. The van der Waals surface area contributed by atoms with Gasteiger partial charge in [-0.05, 0) is 46.5 Å². The van der Waals surface area contributed by atoms with Crippen LogP contribution in [0.5, 0.6) is 11.5 Å². The van der Waals surface area contributed by atoms with Gasteiger partial charge in [-0.15, -0.1) is 0 Å². The van der Waals surface area contributed by atoms with Gasteiger partial charge in [0.1, 0.15) is 11.5 Å². The van der Waals surface area contributed by atoms with E-state index in [9.17, 15) is 9.46 Å². The summed E-state index contributed by atoms with van der Waals surface area (Å²) in [6, 6.07) is 33.8. The van der Waals surface area contributed by atoms with Gasteiger partial charge in [0, 0.05) is 5.41 Å². The fourth-order valence-electron chi connectivity index (χ4n) is 3.59. The fourth-order valence-corrected chi connectivity index (χ4v) is 4.38. The monoisotopic (exact) mass is 466 g/mol. The van der Waals surface area contributed by atoms with Gasteiger partial charge >= 0.3 is 37.4 Å². The van der Waals surface area contributed by atoms with E-state index in [1.54, 1.807) is 30.3 Å². The largest absolute Gasteiger partial charge is 1.00 e. The van der Waals surface area contributed by atoms with Crippen LogP contribution in [-0.4, -0.2) is 0 Å². The van der Waals surface area contributed by atoms with Crippen molar-refractivity contribution in [3.63, 3.8) is 0 Å². The van der Waals surface area contributed by atoms with E-state index in [1.807, 2.05) is 66.7 Å². The molecule has 0 aliphatic heterocycles. The van der Waals surface area contributed by atoms with Crippen molar-refractivity contribution in [2.45, 2.75) is 19.3 Å². The molecule has 6 heteroatoms. The van der Waals surface area contributed by atoms with Crippen LogP contribution >= 0.6 is 7.82 Å². The van der Waals surface area contributed by atoms with Crippen LogP contribution < -0.4 is 43.5 Å². The maximum absolute atomic E-state index is 12.5. The number of hydrogen-bond acceptors (Lipinski definition) is 4. The summed E-state index contributed by atoms with van der Waals surface area (Å²) in [4.78, 5) is 12.5. The summed E-state index contributed by atoms with van der Waals surface area (Å²) in [5, 5.41) is 0. The third-order valence-electron chi connectivity index (χ3n) is 5.45. The number of hydrogen-bond donors (Lipinski definition) is 0. The van der Waals surface area contributed by atoms with E-state index in [0.717, 1.165) is 16.7 Å². The molecule has 1 atom stereocenters. The summed E-state index contributed by atoms with van der Waals surface area (Å²) in [5.41, 5.74) is 3.82. The normalized spacial score (nSPS) is 12.8. The number of rotatable bonds is 7. The molecular weight excluding hydrogens is 442 g/mol. The summed E-state index contributed by atoms with van der Waals surface area (Å²) in [5.74, 6) is 0.404. The van der Waals surface area contributed by atoms with Crippen molar-refractivity contribution in [2.24, 2.45) is 0 Å². The van der Waals surface area contributed by atoms with Crippen molar-refractivity contribution < 1.29 is 48.1 Å². The van der Waals surface area contributed by atoms with Crippen molar-refractivity contribution in [3.05, 3.63) is 120 Å². The molecule has 0 fully saturated rings. The van der Waals surface area contributed by atoms with Crippen LogP contribution in [0.1, 0.15) is 25.0 Å². The van der Waals surface area contributed by atoms with Crippen molar-refractivity contribution in [3.8, 4) is 22.6 Å². The van der Waals surface area contributed by atoms with E-state index in [1.165, 1.54) is 5.56 Å². The zero-order valence-electron chi connectivity index (χ0n) is 19.0. The van der Waals surface area contributed by atoms with Gasteiger partial charge in [-0.3, -0.25) is 0 Å². The first-order chi connectivity index (χ1) is 15.3. The maximum atomic E-state index is 12.5. The maximum Gasteiger partial charge on any atom is 1.00 e. The van der Waals surface area contributed by atoms with Gasteiger partial charge in [-0.1, -0.05) is 98.8 Å². The molecule has 0 spiro atoms. The van der Waals surface area contributed by atoms with E-state index in [4.69, 9.17) is 9.05 Å². The summed E-state index contributed by atoms with van der Waals surface area (Å²) < 4.78 is 22.9. The van der Waals surface area contributed by atoms with Gasteiger partial charge in [0.25, 0.3) is 0 Å². The molecule has 4 nitrogen and oxygen atoms in total. The number of benzene rings is 4. The minimum absolute atomic E-state index is 0. The molecule has 0 aliphatic rings. The number of phosphoric acid groups is 1. The zero-order valence-corrected chi connectivity index (χ0v) is 21.9. The summed E-state index contributed by atoms with van der Waals surface area (Å²) >= 11 is 0. The molecule has 0 N–H and O–H groups in total. The minimum Gasteiger partial charge on any atom is -0.736 e. The van der Waals surface area contributed by atoms with Gasteiger partial charge in [0.05, 0.1) is 0 Å². The molecule has 0 bridgehead atoms. The molecule has 162 valence electrons. The predicted molar refractivity (Wildman–Crippen MR) is 126 cm³/mol. The Morgan fingerprint density at radius 3 is 1.79 bits per heavy atom. The Labute approximate surface area is 217 Å². The molecule has 0 aliphatic carbocycles. The van der Waals surface area contributed by atoms with Gasteiger partial charge in [0.15, 0.2) is 0 Å². The Morgan fingerprint density at radius 2 is 1.15 bits per heavy atom. The molecule has 0 heterocycles. The van der Waals surface area contributed by atoms with Crippen molar-refractivity contribution >= 4 is 7.82 Å². The molecule has 0 aromatic heterocycles. The topological polar surface area (TPSA) is 58.6 Å². The molecule has 0 radical (unpaired) electrons.